The SMILES string of the molecule is C[C@@H](c1ccccc1P(c1ccccc1)c1ccccc1)N(C)P(c1cc(F)cc(F)c1)c1cc(F)cc(F)c1. The maximum Gasteiger partial charge on any atom is 0.126 e. The van der Waals surface area contributed by atoms with Crippen molar-refractivity contribution in [3.05, 3.63) is 150 Å². The molecule has 0 aromatic heterocycles. The second-order valence-electron chi connectivity index (χ2n) is 9.38. The van der Waals surface area contributed by atoms with Crippen molar-refractivity contribution in [3.8, 4) is 0 Å². The minimum Gasteiger partial charge on any atom is -0.271 e. The van der Waals surface area contributed by atoms with Crippen LogP contribution in [0.5, 0.6) is 0 Å². The van der Waals surface area contributed by atoms with E-state index in [9.17, 15) is 17.6 Å². The van der Waals surface area contributed by atoms with Crippen LogP contribution in [0, 0.1) is 23.3 Å². The van der Waals surface area contributed by atoms with Crippen LogP contribution in [0.3, 0.4) is 0 Å². The summed E-state index contributed by atoms with van der Waals surface area (Å²) in [5.74, 6) is -2.95. The fourth-order valence-corrected chi connectivity index (χ4v) is 9.87. The molecule has 5 aromatic carbocycles. The third-order valence-electron chi connectivity index (χ3n) is 6.72. The number of benzene rings is 5. The molecule has 1 nitrogen and oxygen atoms in total. The van der Waals surface area contributed by atoms with E-state index in [1.54, 1.807) is 0 Å². The number of hydrogen-bond acceptors (Lipinski definition) is 1. The summed E-state index contributed by atoms with van der Waals surface area (Å²) < 4.78 is 59.6. The molecule has 40 heavy (non-hydrogen) atoms. The molecule has 0 fully saturated rings. The van der Waals surface area contributed by atoms with Crippen molar-refractivity contribution < 1.29 is 17.6 Å². The Kier molecular flexibility index (Phi) is 8.76. The number of rotatable bonds is 8. The van der Waals surface area contributed by atoms with Crippen LogP contribution >= 0.6 is 16.0 Å². The molecule has 0 heterocycles. The van der Waals surface area contributed by atoms with Gasteiger partial charge in [0.15, 0.2) is 0 Å². The number of nitrogens with zero attached hydrogens (tertiary/aromatic N) is 1. The van der Waals surface area contributed by atoms with Gasteiger partial charge in [-0.15, -0.1) is 0 Å². The van der Waals surface area contributed by atoms with Crippen molar-refractivity contribution in [3.63, 3.8) is 0 Å². The summed E-state index contributed by atoms with van der Waals surface area (Å²) in [6, 6.07) is 35.1. The van der Waals surface area contributed by atoms with Gasteiger partial charge in [-0.25, -0.2) is 17.6 Å². The van der Waals surface area contributed by atoms with Gasteiger partial charge in [0.25, 0.3) is 0 Å². The summed E-state index contributed by atoms with van der Waals surface area (Å²) in [6.07, 6.45) is 0. The van der Waals surface area contributed by atoms with Crippen LogP contribution in [0.1, 0.15) is 18.5 Å². The molecule has 0 unspecified atom stereocenters. The Labute approximate surface area is 234 Å². The zero-order valence-corrected chi connectivity index (χ0v) is 23.8. The Balaban J connectivity index is 1.64. The first-order valence-electron chi connectivity index (χ1n) is 12.8. The smallest absolute Gasteiger partial charge is 0.126 e. The molecule has 1 atom stereocenters. The molecule has 0 radical (unpaired) electrons. The van der Waals surface area contributed by atoms with E-state index < -0.39 is 39.3 Å². The van der Waals surface area contributed by atoms with Gasteiger partial charge in [0, 0.05) is 36.9 Å². The van der Waals surface area contributed by atoms with Crippen LogP contribution in [0.2, 0.25) is 0 Å². The summed E-state index contributed by atoms with van der Waals surface area (Å²) in [4.78, 5) is 0. The molecule has 202 valence electrons. The van der Waals surface area contributed by atoms with Crippen molar-refractivity contribution in [2.45, 2.75) is 13.0 Å². The van der Waals surface area contributed by atoms with Gasteiger partial charge in [0.05, 0.1) is 0 Å². The molecule has 0 saturated carbocycles. The largest absolute Gasteiger partial charge is 0.271 e. The molecule has 0 aliphatic heterocycles. The predicted molar refractivity (Wildman–Crippen MR) is 160 cm³/mol. The zero-order chi connectivity index (χ0) is 28.2. The third-order valence-corrected chi connectivity index (χ3v) is 11.7. The lowest BCUT2D eigenvalue weighted by molar-refractivity contribution is 0.445. The van der Waals surface area contributed by atoms with Crippen molar-refractivity contribution in [2.24, 2.45) is 0 Å². The van der Waals surface area contributed by atoms with Gasteiger partial charge in [-0.2, -0.15) is 0 Å². The van der Waals surface area contributed by atoms with E-state index in [4.69, 9.17) is 0 Å². The first kappa shape index (κ1) is 28.2. The van der Waals surface area contributed by atoms with Crippen LogP contribution in [0.4, 0.5) is 17.6 Å². The fourth-order valence-electron chi connectivity index (χ4n) is 4.84. The Bertz CT molecular complexity index is 1470. The zero-order valence-electron chi connectivity index (χ0n) is 22.0. The summed E-state index contributed by atoms with van der Waals surface area (Å²) in [6.45, 7) is 2.02. The van der Waals surface area contributed by atoms with Crippen LogP contribution in [0.15, 0.2) is 121 Å². The second-order valence-corrected chi connectivity index (χ2v) is 13.9. The molecule has 0 saturated heterocycles. The van der Waals surface area contributed by atoms with E-state index in [1.165, 1.54) is 34.9 Å². The topological polar surface area (TPSA) is 3.24 Å². The Morgan fingerprint density at radius 1 is 0.525 bits per heavy atom. The minimum absolute atomic E-state index is 0.266. The average Bonchev–Trinajstić information content (AvgIpc) is 2.93. The summed E-state index contributed by atoms with van der Waals surface area (Å²) >= 11 is 0. The highest BCUT2D eigenvalue weighted by atomic mass is 31.1. The molecule has 0 N–H and O–H groups in total. The van der Waals surface area contributed by atoms with Crippen molar-refractivity contribution in [1.29, 1.82) is 0 Å². The maximum atomic E-state index is 14.4. The molecule has 5 aromatic rings. The highest BCUT2D eigenvalue weighted by Crippen LogP contribution is 2.45. The summed E-state index contributed by atoms with van der Waals surface area (Å²) in [5.41, 5.74) is 1.03. The average molecular weight is 576 g/mol. The minimum atomic E-state index is -1.70. The van der Waals surface area contributed by atoms with Crippen molar-refractivity contribution in [1.82, 2.24) is 4.67 Å². The van der Waals surface area contributed by atoms with Crippen LogP contribution < -0.4 is 26.5 Å². The lowest BCUT2D eigenvalue weighted by Gasteiger charge is -2.36. The number of halogens is 4. The highest BCUT2D eigenvalue weighted by molar-refractivity contribution is 7.80. The first-order valence-corrected chi connectivity index (χ1v) is 15.4. The molecular weight excluding hydrogens is 548 g/mol. The number of hydrogen-bond donors (Lipinski definition) is 0. The maximum absolute atomic E-state index is 14.4. The van der Waals surface area contributed by atoms with Crippen LogP contribution in [-0.2, 0) is 0 Å². The Morgan fingerprint density at radius 3 is 1.38 bits per heavy atom. The normalized spacial score (nSPS) is 12.3. The van der Waals surface area contributed by atoms with Gasteiger partial charge in [0.2, 0.25) is 0 Å². The molecule has 7 heteroatoms. The van der Waals surface area contributed by atoms with E-state index in [2.05, 4.69) is 36.4 Å². The van der Waals surface area contributed by atoms with Gasteiger partial charge in [-0.05, 0) is 67.6 Å². The third kappa shape index (κ3) is 6.18. The van der Waals surface area contributed by atoms with Gasteiger partial charge in [0.1, 0.15) is 23.3 Å². The molecule has 0 aliphatic carbocycles. The lowest BCUT2D eigenvalue weighted by Crippen LogP contribution is -2.32. The molecule has 0 bridgehead atoms. The Hall–Kier alpha value is -3.36. The first-order chi connectivity index (χ1) is 19.3. The van der Waals surface area contributed by atoms with Crippen LogP contribution in [0.25, 0.3) is 0 Å². The van der Waals surface area contributed by atoms with E-state index >= 15 is 0 Å². The quantitative estimate of drug-likeness (QED) is 0.142. The monoisotopic (exact) mass is 575 g/mol. The molecule has 0 spiro atoms. The molecule has 0 amide bonds. The Morgan fingerprint density at radius 2 is 0.925 bits per heavy atom. The van der Waals surface area contributed by atoms with E-state index in [0.29, 0.717) is 10.6 Å². The van der Waals surface area contributed by atoms with Crippen LogP contribution in [-0.4, -0.2) is 11.7 Å². The molecular formula is C33H27F4NP2. The lowest BCUT2D eigenvalue weighted by atomic mass is 10.1. The second kappa shape index (κ2) is 12.4. The van der Waals surface area contributed by atoms with Gasteiger partial charge < -0.3 is 0 Å². The predicted octanol–water partition coefficient (Wildman–Crippen LogP) is 7.04. The van der Waals surface area contributed by atoms with Crippen molar-refractivity contribution in [2.75, 3.05) is 7.05 Å². The van der Waals surface area contributed by atoms with Gasteiger partial charge in [-0.1, -0.05) is 84.9 Å². The van der Waals surface area contributed by atoms with E-state index in [-0.39, 0.29) is 6.04 Å². The summed E-state index contributed by atoms with van der Waals surface area (Å²) in [7, 11) is -0.792. The van der Waals surface area contributed by atoms with Gasteiger partial charge in [-0.3, -0.25) is 4.67 Å². The van der Waals surface area contributed by atoms with E-state index in [1.807, 2.05) is 67.2 Å². The highest BCUT2D eigenvalue weighted by Gasteiger charge is 2.29. The van der Waals surface area contributed by atoms with E-state index in [0.717, 1.165) is 23.0 Å². The molecule has 5 rings (SSSR count). The van der Waals surface area contributed by atoms with Crippen molar-refractivity contribution >= 4 is 42.5 Å². The summed E-state index contributed by atoms with van der Waals surface area (Å²) in [5, 5.41) is 4.18. The molecule has 0 aliphatic rings. The standard InChI is InChI=1S/C33H27F4NP2/c1-23(38(2)40(30-19-24(34)17-25(35)20-30)31-21-26(36)18-27(37)22-31)32-15-9-10-16-33(32)39(28-11-5-3-6-12-28)29-13-7-4-8-14-29/h3-23H,1-2H3/t23-/m0/s1. The van der Waals surface area contributed by atoms with Gasteiger partial charge >= 0.3 is 0 Å². The fraction of sp³-hybridized carbons (Fsp3) is 0.0909.